The number of aromatic amines is 1. The lowest BCUT2D eigenvalue weighted by atomic mass is 10.0. The molecule has 3 aromatic rings. The molecule has 144 valence electrons. The van der Waals surface area contributed by atoms with Gasteiger partial charge in [-0.05, 0) is 29.8 Å². The fourth-order valence-electron chi connectivity index (χ4n) is 3.58. The van der Waals surface area contributed by atoms with E-state index in [1.165, 1.54) is 0 Å². The van der Waals surface area contributed by atoms with Crippen LogP contribution in [0.3, 0.4) is 0 Å². The Labute approximate surface area is 165 Å². The Morgan fingerprint density at radius 2 is 1.96 bits per heavy atom. The Kier molecular flexibility index (Phi) is 5.02. The van der Waals surface area contributed by atoms with Gasteiger partial charge in [-0.25, -0.2) is 4.79 Å². The van der Waals surface area contributed by atoms with Crippen molar-refractivity contribution in [1.82, 2.24) is 19.8 Å². The first-order chi connectivity index (χ1) is 13.5. The number of piperazine rings is 1. The lowest BCUT2D eigenvalue weighted by molar-refractivity contribution is -0.135. The van der Waals surface area contributed by atoms with Crippen LogP contribution in [0.2, 0.25) is 5.02 Å². The van der Waals surface area contributed by atoms with Gasteiger partial charge in [0.15, 0.2) is 0 Å². The number of amides is 1. The fourth-order valence-corrected chi connectivity index (χ4v) is 3.78. The van der Waals surface area contributed by atoms with Crippen molar-refractivity contribution in [3.63, 3.8) is 0 Å². The van der Waals surface area contributed by atoms with Crippen LogP contribution in [0.5, 0.6) is 0 Å². The number of nitrogens with one attached hydrogen (secondary N) is 2. The molecule has 1 fully saturated rings. The van der Waals surface area contributed by atoms with Crippen LogP contribution in [0.25, 0.3) is 10.9 Å². The zero-order chi connectivity index (χ0) is 19.7. The fraction of sp³-hybridized carbons (Fsp3) is 0.250. The number of fused-ring (bicyclic) bond motifs is 1. The summed E-state index contributed by atoms with van der Waals surface area (Å²) in [6, 6.07) is 13.9. The number of carbonyl (C=O) groups is 1. The van der Waals surface area contributed by atoms with Gasteiger partial charge < -0.3 is 15.2 Å². The third kappa shape index (κ3) is 3.46. The number of benzene rings is 2. The standard InChI is InChI=1S/C20H19ClN4O3/c21-14-5-3-4-13(10-14)17-11-22-8-9-24(17)18(26)12-25-19(27)15-6-1-2-7-16(15)23-20(25)28/h1-7,10,17,22H,8-9,11-12H2,(H,23,28). The number of carbonyl (C=O) groups excluding carboxylic acids is 1. The van der Waals surface area contributed by atoms with Crippen molar-refractivity contribution < 1.29 is 4.79 Å². The molecule has 28 heavy (non-hydrogen) atoms. The van der Waals surface area contributed by atoms with E-state index in [9.17, 15) is 14.4 Å². The van der Waals surface area contributed by atoms with Crippen LogP contribution in [0.4, 0.5) is 0 Å². The Balaban J connectivity index is 1.66. The van der Waals surface area contributed by atoms with Crippen LogP contribution < -0.4 is 16.6 Å². The number of aromatic nitrogens is 2. The normalized spacial score (nSPS) is 17.0. The van der Waals surface area contributed by atoms with E-state index in [0.717, 1.165) is 10.1 Å². The Bertz CT molecular complexity index is 1150. The molecule has 2 N–H and O–H groups in total. The van der Waals surface area contributed by atoms with Crippen molar-refractivity contribution in [2.24, 2.45) is 0 Å². The molecule has 2 aromatic carbocycles. The molecule has 4 rings (SSSR count). The summed E-state index contributed by atoms with van der Waals surface area (Å²) in [5.74, 6) is -0.283. The minimum absolute atomic E-state index is 0.213. The summed E-state index contributed by atoms with van der Waals surface area (Å²) in [5, 5.41) is 4.25. The van der Waals surface area contributed by atoms with Crippen molar-refractivity contribution in [2.45, 2.75) is 12.6 Å². The first-order valence-corrected chi connectivity index (χ1v) is 9.40. The minimum Gasteiger partial charge on any atom is -0.332 e. The molecule has 0 radical (unpaired) electrons. The maximum absolute atomic E-state index is 13.0. The first-order valence-electron chi connectivity index (χ1n) is 9.02. The predicted octanol–water partition coefficient (Wildman–Crippen LogP) is 1.52. The lowest BCUT2D eigenvalue weighted by Gasteiger charge is -2.36. The maximum atomic E-state index is 13.0. The van der Waals surface area contributed by atoms with Gasteiger partial charge in [0.1, 0.15) is 6.54 Å². The van der Waals surface area contributed by atoms with E-state index in [4.69, 9.17) is 11.6 Å². The summed E-state index contributed by atoms with van der Waals surface area (Å²) < 4.78 is 0.960. The molecule has 2 heterocycles. The summed E-state index contributed by atoms with van der Waals surface area (Å²) in [6.07, 6.45) is 0. The zero-order valence-corrected chi connectivity index (χ0v) is 15.8. The Morgan fingerprint density at radius 3 is 2.79 bits per heavy atom. The molecule has 0 bridgehead atoms. The molecule has 1 aliphatic heterocycles. The number of H-pyrrole nitrogens is 1. The zero-order valence-electron chi connectivity index (χ0n) is 15.0. The molecular formula is C20H19ClN4O3. The van der Waals surface area contributed by atoms with Crippen LogP contribution in [-0.4, -0.2) is 40.0 Å². The van der Waals surface area contributed by atoms with E-state index in [0.29, 0.717) is 35.6 Å². The highest BCUT2D eigenvalue weighted by Gasteiger charge is 2.28. The third-order valence-corrected chi connectivity index (χ3v) is 5.22. The molecule has 1 saturated heterocycles. The predicted molar refractivity (Wildman–Crippen MR) is 108 cm³/mol. The van der Waals surface area contributed by atoms with Gasteiger partial charge in [0, 0.05) is 24.7 Å². The summed E-state index contributed by atoms with van der Waals surface area (Å²) in [4.78, 5) is 42.5. The SMILES string of the molecule is O=C(Cn1c(=O)[nH]c2ccccc2c1=O)N1CCNCC1c1cccc(Cl)c1. The number of hydrogen-bond donors (Lipinski definition) is 2. The molecule has 0 saturated carbocycles. The van der Waals surface area contributed by atoms with Crippen LogP contribution in [0.1, 0.15) is 11.6 Å². The molecule has 0 aliphatic carbocycles. The monoisotopic (exact) mass is 398 g/mol. The number of halogens is 1. The Morgan fingerprint density at radius 1 is 1.14 bits per heavy atom. The van der Waals surface area contributed by atoms with E-state index >= 15 is 0 Å². The van der Waals surface area contributed by atoms with Crippen molar-refractivity contribution in [2.75, 3.05) is 19.6 Å². The van der Waals surface area contributed by atoms with E-state index in [1.54, 1.807) is 35.2 Å². The molecule has 7 nitrogen and oxygen atoms in total. The molecule has 0 spiro atoms. The van der Waals surface area contributed by atoms with Crippen molar-refractivity contribution in [1.29, 1.82) is 0 Å². The molecular weight excluding hydrogens is 380 g/mol. The van der Waals surface area contributed by atoms with E-state index in [2.05, 4.69) is 10.3 Å². The summed E-state index contributed by atoms with van der Waals surface area (Å²) in [7, 11) is 0. The van der Waals surface area contributed by atoms with Gasteiger partial charge in [0.05, 0.1) is 16.9 Å². The largest absolute Gasteiger partial charge is 0.332 e. The number of para-hydroxylation sites is 1. The molecule has 1 amide bonds. The smallest absolute Gasteiger partial charge is 0.329 e. The van der Waals surface area contributed by atoms with Gasteiger partial charge in [-0.1, -0.05) is 35.9 Å². The van der Waals surface area contributed by atoms with E-state index in [1.807, 2.05) is 18.2 Å². The van der Waals surface area contributed by atoms with Gasteiger partial charge in [-0.2, -0.15) is 0 Å². The summed E-state index contributed by atoms with van der Waals surface area (Å²) in [6.45, 7) is 1.40. The van der Waals surface area contributed by atoms with Gasteiger partial charge in [-0.3, -0.25) is 14.2 Å². The molecule has 1 atom stereocenters. The van der Waals surface area contributed by atoms with E-state index < -0.39 is 11.2 Å². The van der Waals surface area contributed by atoms with Crippen LogP contribution >= 0.6 is 11.6 Å². The third-order valence-electron chi connectivity index (χ3n) is 4.98. The molecule has 8 heteroatoms. The first kappa shape index (κ1) is 18.5. The second-order valence-corrected chi connectivity index (χ2v) is 7.17. The average molecular weight is 399 g/mol. The maximum Gasteiger partial charge on any atom is 0.329 e. The second-order valence-electron chi connectivity index (χ2n) is 6.73. The highest BCUT2D eigenvalue weighted by molar-refractivity contribution is 6.30. The average Bonchev–Trinajstić information content (AvgIpc) is 2.71. The number of rotatable bonds is 3. The van der Waals surface area contributed by atoms with Gasteiger partial charge in [0.25, 0.3) is 5.56 Å². The molecule has 1 aliphatic rings. The molecule has 1 aromatic heterocycles. The van der Waals surface area contributed by atoms with Crippen molar-refractivity contribution >= 4 is 28.4 Å². The highest BCUT2D eigenvalue weighted by atomic mass is 35.5. The number of nitrogens with zero attached hydrogens (tertiary/aromatic N) is 2. The van der Waals surface area contributed by atoms with Crippen LogP contribution in [0, 0.1) is 0 Å². The summed E-state index contributed by atoms with van der Waals surface area (Å²) in [5.41, 5.74) is 0.307. The minimum atomic E-state index is -0.591. The van der Waals surface area contributed by atoms with Crippen LogP contribution in [-0.2, 0) is 11.3 Å². The summed E-state index contributed by atoms with van der Waals surface area (Å²) >= 11 is 6.10. The van der Waals surface area contributed by atoms with Gasteiger partial charge >= 0.3 is 5.69 Å². The van der Waals surface area contributed by atoms with E-state index in [-0.39, 0.29) is 18.5 Å². The molecule has 1 unspecified atom stereocenters. The lowest BCUT2D eigenvalue weighted by Crippen LogP contribution is -2.51. The Hall–Kier alpha value is -2.90. The highest BCUT2D eigenvalue weighted by Crippen LogP contribution is 2.24. The quantitative estimate of drug-likeness (QED) is 0.700. The second kappa shape index (κ2) is 7.61. The van der Waals surface area contributed by atoms with Crippen molar-refractivity contribution in [3.05, 3.63) is 80.0 Å². The van der Waals surface area contributed by atoms with Crippen molar-refractivity contribution in [3.8, 4) is 0 Å². The van der Waals surface area contributed by atoms with Gasteiger partial charge in [0.2, 0.25) is 5.91 Å². The topological polar surface area (TPSA) is 87.2 Å². The van der Waals surface area contributed by atoms with Gasteiger partial charge in [-0.15, -0.1) is 0 Å². The van der Waals surface area contributed by atoms with Crippen LogP contribution in [0.15, 0.2) is 58.1 Å². The number of hydrogen-bond acceptors (Lipinski definition) is 4.